The van der Waals surface area contributed by atoms with Gasteiger partial charge >= 0.3 is 0 Å². The number of amides is 1. The van der Waals surface area contributed by atoms with E-state index in [1.54, 1.807) is 12.1 Å². The second kappa shape index (κ2) is 8.53. The average molecular weight is 394 g/mol. The van der Waals surface area contributed by atoms with Gasteiger partial charge in [-0.3, -0.25) is 9.69 Å². The number of nitrogens with zero attached hydrogens (tertiary/aromatic N) is 3. The zero-order valence-electron chi connectivity index (χ0n) is 16.3. The van der Waals surface area contributed by atoms with Crippen LogP contribution in [0.2, 0.25) is 0 Å². The highest BCUT2D eigenvalue weighted by atomic mass is 19.1. The van der Waals surface area contributed by atoms with Crippen LogP contribution in [0.4, 0.5) is 10.1 Å². The van der Waals surface area contributed by atoms with Crippen LogP contribution < -0.4 is 5.32 Å². The van der Waals surface area contributed by atoms with E-state index in [1.807, 2.05) is 31.2 Å². The number of anilines is 1. The Bertz CT molecular complexity index is 978. The predicted octanol–water partition coefficient (Wildman–Crippen LogP) is 4.03. The van der Waals surface area contributed by atoms with Gasteiger partial charge in [0.1, 0.15) is 5.82 Å². The first kappa shape index (κ1) is 19.3. The quantitative estimate of drug-likeness (QED) is 0.707. The first-order valence-electron chi connectivity index (χ1n) is 9.76. The van der Waals surface area contributed by atoms with Crippen molar-refractivity contribution in [3.05, 3.63) is 65.8 Å². The molecule has 4 rings (SSSR count). The lowest BCUT2D eigenvalue weighted by molar-refractivity contribution is -0.121. The lowest BCUT2D eigenvalue weighted by Gasteiger charge is -2.30. The highest BCUT2D eigenvalue weighted by Gasteiger charge is 2.26. The molecule has 6 nitrogen and oxygen atoms in total. The van der Waals surface area contributed by atoms with Crippen molar-refractivity contribution in [2.24, 2.45) is 5.92 Å². The summed E-state index contributed by atoms with van der Waals surface area (Å²) in [5, 5.41) is 7.03. The number of hydrogen-bond acceptors (Lipinski definition) is 5. The zero-order valence-corrected chi connectivity index (χ0v) is 16.3. The van der Waals surface area contributed by atoms with Crippen molar-refractivity contribution in [1.29, 1.82) is 0 Å². The maximum atomic E-state index is 13.0. The molecule has 1 amide bonds. The van der Waals surface area contributed by atoms with Crippen molar-refractivity contribution < 1.29 is 13.7 Å². The predicted molar refractivity (Wildman–Crippen MR) is 108 cm³/mol. The molecule has 1 aromatic heterocycles. The summed E-state index contributed by atoms with van der Waals surface area (Å²) in [6.45, 7) is 4.11. The van der Waals surface area contributed by atoms with Gasteiger partial charge in [-0.15, -0.1) is 0 Å². The van der Waals surface area contributed by atoms with Gasteiger partial charge in [-0.1, -0.05) is 23.4 Å². The standard InChI is InChI=1S/C22H23FN4O2/c1-15-4-2-3-5-19(15)24-22(28)17-10-12-27(13-11-17)14-20-25-21(26-29-20)16-6-8-18(23)9-7-16/h2-9,17H,10-14H2,1H3,(H,24,28). The van der Waals surface area contributed by atoms with Gasteiger partial charge in [-0.25, -0.2) is 4.39 Å². The smallest absolute Gasteiger partial charge is 0.241 e. The van der Waals surface area contributed by atoms with E-state index < -0.39 is 0 Å². The zero-order chi connectivity index (χ0) is 20.2. The molecule has 1 aliphatic rings. The minimum atomic E-state index is -0.299. The summed E-state index contributed by atoms with van der Waals surface area (Å²) in [6, 6.07) is 13.8. The summed E-state index contributed by atoms with van der Waals surface area (Å²) in [4.78, 5) is 19.2. The van der Waals surface area contributed by atoms with E-state index in [4.69, 9.17) is 4.52 Å². The van der Waals surface area contributed by atoms with Crippen molar-refractivity contribution in [2.45, 2.75) is 26.3 Å². The number of rotatable bonds is 5. The third-order valence-electron chi connectivity index (χ3n) is 5.29. The molecule has 1 aliphatic heterocycles. The molecular formula is C22H23FN4O2. The monoisotopic (exact) mass is 394 g/mol. The largest absolute Gasteiger partial charge is 0.338 e. The molecule has 0 radical (unpaired) electrons. The molecule has 0 unspecified atom stereocenters. The molecule has 0 atom stereocenters. The lowest BCUT2D eigenvalue weighted by atomic mass is 9.95. The minimum Gasteiger partial charge on any atom is -0.338 e. The molecule has 3 aromatic rings. The number of para-hydroxylation sites is 1. The first-order valence-corrected chi connectivity index (χ1v) is 9.76. The fourth-order valence-corrected chi connectivity index (χ4v) is 3.53. The third-order valence-corrected chi connectivity index (χ3v) is 5.29. The van der Waals surface area contributed by atoms with Crippen LogP contribution in [0.15, 0.2) is 53.1 Å². The van der Waals surface area contributed by atoms with Gasteiger partial charge in [0.25, 0.3) is 0 Å². The molecule has 7 heteroatoms. The number of aromatic nitrogens is 2. The number of aryl methyl sites for hydroxylation is 1. The van der Waals surface area contributed by atoms with Crippen LogP contribution in [0.25, 0.3) is 11.4 Å². The molecule has 2 heterocycles. The van der Waals surface area contributed by atoms with Gasteiger partial charge in [-0.05, 0) is 68.8 Å². The maximum Gasteiger partial charge on any atom is 0.241 e. The van der Waals surface area contributed by atoms with Gasteiger partial charge in [0.05, 0.1) is 6.54 Å². The van der Waals surface area contributed by atoms with Crippen LogP contribution in [-0.2, 0) is 11.3 Å². The summed E-state index contributed by atoms with van der Waals surface area (Å²) in [5.74, 6) is 0.755. The summed E-state index contributed by atoms with van der Waals surface area (Å²) < 4.78 is 18.4. The van der Waals surface area contributed by atoms with Crippen LogP contribution >= 0.6 is 0 Å². The number of nitrogens with one attached hydrogen (secondary N) is 1. The Labute approximate surface area is 168 Å². The van der Waals surface area contributed by atoms with Gasteiger partial charge in [-0.2, -0.15) is 4.98 Å². The van der Waals surface area contributed by atoms with Crippen molar-refractivity contribution in [1.82, 2.24) is 15.0 Å². The SMILES string of the molecule is Cc1ccccc1NC(=O)C1CCN(Cc2nc(-c3ccc(F)cc3)no2)CC1. The molecule has 0 bridgehead atoms. The summed E-state index contributed by atoms with van der Waals surface area (Å²) >= 11 is 0. The fourth-order valence-electron chi connectivity index (χ4n) is 3.53. The third kappa shape index (κ3) is 4.68. The molecule has 0 spiro atoms. The van der Waals surface area contributed by atoms with Crippen molar-refractivity contribution in [3.63, 3.8) is 0 Å². The lowest BCUT2D eigenvalue weighted by Crippen LogP contribution is -2.37. The van der Waals surface area contributed by atoms with Crippen LogP contribution in [0.3, 0.4) is 0 Å². The topological polar surface area (TPSA) is 71.3 Å². The highest BCUT2D eigenvalue weighted by molar-refractivity contribution is 5.93. The van der Waals surface area contributed by atoms with Crippen LogP contribution in [0, 0.1) is 18.7 Å². The van der Waals surface area contributed by atoms with Crippen LogP contribution in [0.1, 0.15) is 24.3 Å². The molecule has 150 valence electrons. The second-order valence-corrected chi connectivity index (χ2v) is 7.37. The van der Waals surface area contributed by atoms with E-state index in [0.29, 0.717) is 23.8 Å². The fraction of sp³-hybridized carbons (Fsp3) is 0.318. The summed E-state index contributed by atoms with van der Waals surface area (Å²) in [6.07, 6.45) is 1.58. The normalized spacial score (nSPS) is 15.4. The summed E-state index contributed by atoms with van der Waals surface area (Å²) in [7, 11) is 0. The van der Waals surface area contributed by atoms with E-state index in [0.717, 1.165) is 37.2 Å². The Balaban J connectivity index is 1.29. The number of piperidine rings is 1. The number of halogens is 1. The molecule has 0 aliphatic carbocycles. The number of carbonyl (C=O) groups excluding carboxylic acids is 1. The maximum absolute atomic E-state index is 13.0. The van der Waals surface area contributed by atoms with Gasteiger partial charge in [0.2, 0.25) is 17.6 Å². The van der Waals surface area contributed by atoms with Crippen LogP contribution in [0.5, 0.6) is 0 Å². The first-order chi connectivity index (χ1) is 14.1. The molecule has 1 fully saturated rings. The Kier molecular flexibility index (Phi) is 5.67. The molecule has 1 saturated heterocycles. The second-order valence-electron chi connectivity index (χ2n) is 7.37. The molecular weight excluding hydrogens is 371 g/mol. The highest BCUT2D eigenvalue weighted by Crippen LogP contribution is 2.23. The number of carbonyl (C=O) groups is 1. The average Bonchev–Trinajstić information content (AvgIpc) is 3.19. The molecule has 1 N–H and O–H groups in total. The number of benzene rings is 2. The van der Waals surface area contributed by atoms with Crippen LogP contribution in [-0.4, -0.2) is 34.0 Å². The number of hydrogen-bond donors (Lipinski definition) is 1. The van der Waals surface area contributed by atoms with Gasteiger partial charge in [0.15, 0.2) is 0 Å². The van der Waals surface area contributed by atoms with E-state index in [9.17, 15) is 9.18 Å². The van der Waals surface area contributed by atoms with Crippen molar-refractivity contribution in [3.8, 4) is 11.4 Å². The Morgan fingerprint density at radius 2 is 1.90 bits per heavy atom. The minimum absolute atomic E-state index is 0.00307. The van der Waals surface area contributed by atoms with E-state index in [1.165, 1.54) is 12.1 Å². The van der Waals surface area contributed by atoms with Gasteiger partial charge in [0, 0.05) is 17.2 Å². The van der Waals surface area contributed by atoms with E-state index >= 15 is 0 Å². The van der Waals surface area contributed by atoms with Gasteiger partial charge < -0.3 is 9.84 Å². The Morgan fingerprint density at radius 3 is 2.62 bits per heavy atom. The van der Waals surface area contributed by atoms with Crippen molar-refractivity contribution in [2.75, 3.05) is 18.4 Å². The van der Waals surface area contributed by atoms with E-state index in [-0.39, 0.29) is 17.6 Å². The molecule has 29 heavy (non-hydrogen) atoms. The Hall–Kier alpha value is -3.06. The molecule has 2 aromatic carbocycles. The van der Waals surface area contributed by atoms with Crippen molar-refractivity contribution >= 4 is 11.6 Å². The molecule has 0 saturated carbocycles. The Morgan fingerprint density at radius 1 is 1.17 bits per heavy atom. The number of likely N-dealkylation sites (tertiary alicyclic amines) is 1. The van der Waals surface area contributed by atoms with E-state index in [2.05, 4.69) is 20.4 Å². The summed E-state index contributed by atoms with van der Waals surface area (Å²) in [5.41, 5.74) is 2.65.